The van der Waals surface area contributed by atoms with Crippen LogP contribution in [0.2, 0.25) is 0 Å². The highest BCUT2D eigenvalue weighted by Crippen LogP contribution is 2.65. The molecule has 3 unspecified atom stereocenters. The van der Waals surface area contributed by atoms with Crippen LogP contribution >= 0.6 is 11.3 Å². The maximum atomic E-state index is 5.43. The van der Waals surface area contributed by atoms with Crippen molar-refractivity contribution in [2.75, 3.05) is 0 Å². The van der Waals surface area contributed by atoms with Gasteiger partial charge in [-0.3, -0.25) is 0 Å². The standard InChI is InChI=1S/C80H56N2S/c1-4-20-51(21-5-1)52-41-38-50(39-42-52)40-44-58(57-43-45-64-62-31-15-17-36-69(62)80(71(64)47-57)68-35-16-14-30-61(68)63-32-19-37-70(63)80)65-33-18-34-66-75-59-28-12-10-26-55(59)46-67-76(60-29-13-11-27-56(60)48-74(75)83-78(65)66)77(67)79-81-72(53-22-6-2-7-23-53)49-73(82-79)54-24-8-3-9-25-54/h1-18,20-39,41-43,45,47,49,58,67H,19,40,44,46,48H2. The minimum Gasteiger partial charge on any atom is -0.228 e. The summed E-state index contributed by atoms with van der Waals surface area (Å²) in [6, 6.07) is 95.3. The van der Waals surface area contributed by atoms with Gasteiger partial charge in [0.15, 0.2) is 5.82 Å². The lowest BCUT2D eigenvalue weighted by Gasteiger charge is -2.31. The van der Waals surface area contributed by atoms with E-state index in [0.717, 1.165) is 60.4 Å². The van der Waals surface area contributed by atoms with Gasteiger partial charge in [-0.1, -0.05) is 261 Å². The van der Waals surface area contributed by atoms with E-state index in [9.17, 15) is 0 Å². The number of nitrogens with zero attached hydrogens (tertiary/aromatic N) is 2. The van der Waals surface area contributed by atoms with E-state index in [-0.39, 0.29) is 17.3 Å². The van der Waals surface area contributed by atoms with Crippen LogP contribution in [-0.2, 0) is 24.7 Å². The van der Waals surface area contributed by atoms with Gasteiger partial charge in [0.2, 0.25) is 0 Å². The van der Waals surface area contributed by atoms with Gasteiger partial charge in [-0.05, 0) is 132 Å². The molecule has 0 bridgehead atoms. The first-order valence-electron chi connectivity index (χ1n) is 29.5. The van der Waals surface area contributed by atoms with Crippen LogP contribution in [-0.4, -0.2) is 9.97 Å². The zero-order valence-corrected chi connectivity index (χ0v) is 46.7. The summed E-state index contributed by atoms with van der Waals surface area (Å²) in [4.78, 5) is 12.3. The monoisotopic (exact) mass is 1080 g/mol. The second-order valence-corrected chi connectivity index (χ2v) is 24.3. The molecule has 0 N–H and O–H groups in total. The fourth-order valence-electron chi connectivity index (χ4n) is 15.0. The molecule has 5 aliphatic carbocycles. The normalized spacial score (nSPS) is 17.1. The van der Waals surface area contributed by atoms with Crippen LogP contribution in [0.1, 0.15) is 85.1 Å². The molecule has 2 heterocycles. The quantitative estimate of drug-likeness (QED) is 0.144. The molecule has 0 saturated heterocycles. The van der Waals surface area contributed by atoms with Gasteiger partial charge in [0.1, 0.15) is 0 Å². The summed E-state index contributed by atoms with van der Waals surface area (Å²) in [7, 11) is 0. The van der Waals surface area contributed by atoms with Crippen LogP contribution in [0, 0.1) is 5.92 Å². The topological polar surface area (TPSA) is 25.8 Å². The van der Waals surface area contributed by atoms with Crippen molar-refractivity contribution in [2.24, 2.45) is 5.92 Å². The molecule has 17 rings (SSSR count). The van der Waals surface area contributed by atoms with Gasteiger partial charge in [-0.15, -0.1) is 11.3 Å². The molecular weight excluding hydrogens is 1020 g/mol. The van der Waals surface area contributed by atoms with Crippen molar-refractivity contribution in [3.63, 3.8) is 0 Å². The Labute approximate surface area is 489 Å². The summed E-state index contributed by atoms with van der Waals surface area (Å²) in [6.45, 7) is 0. The Morgan fingerprint density at radius 1 is 0.470 bits per heavy atom. The summed E-state index contributed by atoms with van der Waals surface area (Å²) in [5.41, 5.74) is 30.9. The van der Waals surface area contributed by atoms with Crippen molar-refractivity contribution in [1.82, 2.24) is 9.97 Å². The average Bonchev–Trinajstić information content (AvgIpc) is 1.69. The number of thiophene rings is 1. The van der Waals surface area contributed by atoms with Crippen LogP contribution < -0.4 is 0 Å². The highest BCUT2D eigenvalue weighted by molar-refractivity contribution is 7.20. The summed E-state index contributed by atoms with van der Waals surface area (Å²) in [5, 5.41) is 1.35. The third-order valence-electron chi connectivity index (χ3n) is 18.8. The van der Waals surface area contributed by atoms with Crippen molar-refractivity contribution in [3.05, 3.63) is 339 Å². The smallest absolute Gasteiger partial charge is 0.157 e. The van der Waals surface area contributed by atoms with Crippen molar-refractivity contribution in [3.8, 4) is 55.9 Å². The maximum Gasteiger partial charge on any atom is 0.157 e. The number of rotatable bonds is 9. The summed E-state index contributed by atoms with van der Waals surface area (Å²) in [5.74, 6) is 1.12. The van der Waals surface area contributed by atoms with E-state index in [4.69, 9.17) is 9.97 Å². The van der Waals surface area contributed by atoms with E-state index in [2.05, 4.69) is 267 Å². The SMILES string of the molecule is C1=C2C(=CC1)C1(c3ccccc32)c2ccccc2-c2ccc(C(CCc3ccc(-c4ccccc4)cc3)c3cccc4c5c(sc34)Cc3ccccc3C3=C(c4nc(-c6ccccc6)cc(-c6ccccc6)n4)C3Cc3ccccc3-5)cc21. The molecule has 2 nitrogen and oxygen atoms in total. The Morgan fingerprint density at radius 2 is 1.07 bits per heavy atom. The van der Waals surface area contributed by atoms with Gasteiger partial charge in [0, 0.05) is 55.5 Å². The van der Waals surface area contributed by atoms with Gasteiger partial charge in [0.25, 0.3) is 0 Å². The highest BCUT2D eigenvalue weighted by atomic mass is 32.1. The molecule has 83 heavy (non-hydrogen) atoms. The van der Waals surface area contributed by atoms with Crippen molar-refractivity contribution in [1.29, 1.82) is 0 Å². The first-order chi connectivity index (χ1) is 41.2. The zero-order chi connectivity index (χ0) is 54.6. The van der Waals surface area contributed by atoms with Gasteiger partial charge in [-0.25, -0.2) is 9.97 Å². The minimum atomic E-state index is -0.367. The summed E-state index contributed by atoms with van der Waals surface area (Å²) >= 11 is 2.03. The van der Waals surface area contributed by atoms with Gasteiger partial charge in [0.05, 0.1) is 16.8 Å². The number of fused-ring (bicyclic) bond motifs is 18. The molecule has 0 saturated carbocycles. The van der Waals surface area contributed by atoms with Crippen LogP contribution in [0.25, 0.3) is 82.7 Å². The fraction of sp³-hybridized carbons (Fsp3) is 0.100. The molecular formula is C80H56N2S. The van der Waals surface area contributed by atoms with Crippen LogP contribution in [0.15, 0.2) is 273 Å². The number of hydrogen-bond donors (Lipinski definition) is 0. The molecule has 0 radical (unpaired) electrons. The molecule has 392 valence electrons. The van der Waals surface area contributed by atoms with Crippen LogP contribution in [0.5, 0.6) is 0 Å². The number of aryl methyl sites for hydroxylation is 1. The second kappa shape index (κ2) is 19.3. The Bertz CT molecular complexity index is 4640. The van der Waals surface area contributed by atoms with E-state index in [0.29, 0.717) is 0 Å². The average molecular weight is 1080 g/mol. The predicted molar refractivity (Wildman–Crippen MR) is 344 cm³/mol. The molecule has 3 atom stereocenters. The Kier molecular flexibility index (Phi) is 11.2. The Balaban J connectivity index is 0.827. The summed E-state index contributed by atoms with van der Waals surface area (Å²) in [6.07, 6.45) is 9.55. The number of aromatic nitrogens is 2. The molecule has 5 aliphatic rings. The van der Waals surface area contributed by atoms with Gasteiger partial charge >= 0.3 is 0 Å². The minimum absolute atomic E-state index is 0.119. The largest absolute Gasteiger partial charge is 0.228 e. The van der Waals surface area contributed by atoms with Crippen molar-refractivity contribution in [2.45, 2.75) is 43.4 Å². The number of benzene rings is 10. The lowest BCUT2D eigenvalue weighted by atomic mass is 9.70. The van der Waals surface area contributed by atoms with Gasteiger partial charge < -0.3 is 0 Å². The Hall–Kier alpha value is -9.54. The molecule has 0 amide bonds. The van der Waals surface area contributed by atoms with E-state index < -0.39 is 0 Å². The van der Waals surface area contributed by atoms with Crippen molar-refractivity contribution >= 4 is 38.1 Å². The predicted octanol–water partition coefficient (Wildman–Crippen LogP) is 19.9. The fourth-order valence-corrected chi connectivity index (χ4v) is 16.4. The second-order valence-electron chi connectivity index (χ2n) is 23.2. The first kappa shape index (κ1) is 48.2. The third kappa shape index (κ3) is 7.68. The van der Waals surface area contributed by atoms with E-state index in [1.807, 2.05) is 11.3 Å². The highest BCUT2D eigenvalue weighted by Gasteiger charge is 2.54. The molecule has 1 spiro atoms. The number of allylic oxidation sites excluding steroid dienone is 6. The number of hydrogen-bond acceptors (Lipinski definition) is 3. The molecule has 0 aliphatic heterocycles. The Morgan fingerprint density at radius 3 is 1.81 bits per heavy atom. The van der Waals surface area contributed by atoms with E-state index >= 15 is 0 Å². The molecule has 3 heteroatoms. The summed E-state index contributed by atoms with van der Waals surface area (Å²) < 4.78 is 1.39. The molecule has 12 aromatic rings. The van der Waals surface area contributed by atoms with Crippen LogP contribution in [0.3, 0.4) is 0 Å². The molecule has 2 aromatic heterocycles. The van der Waals surface area contributed by atoms with Crippen LogP contribution in [0.4, 0.5) is 0 Å². The lowest BCUT2D eigenvalue weighted by molar-refractivity contribution is 0.715. The zero-order valence-electron chi connectivity index (χ0n) is 45.9. The molecule has 0 fully saturated rings. The van der Waals surface area contributed by atoms with Gasteiger partial charge in [-0.2, -0.15) is 0 Å². The lowest BCUT2D eigenvalue weighted by Crippen LogP contribution is -2.26. The third-order valence-corrected chi connectivity index (χ3v) is 20.0. The van der Waals surface area contributed by atoms with E-state index in [1.54, 1.807) is 0 Å². The van der Waals surface area contributed by atoms with E-state index in [1.165, 1.54) is 126 Å². The maximum absolute atomic E-state index is 5.43. The first-order valence-corrected chi connectivity index (χ1v) is 30.3. The molecule has 10 aromatic carbocycles. The van der Waals surface area contributed by atoms with Crippen molar-refractivity contribution < 1.29 is 0 Å².